The lowest BCUT2D eigenvalue weighted by molar-refractivity contribution is 0.234. The minimum Gasteiger partial charge on any atom is -0.301 e. The van der Waals surface area contributed by atoms with Crippen LogP contribution in [0.25, 0.3) is 0 Å². The van der Waals surface area contributed by atoms with Gasteiger partial charge in [-0.1, -0.05) is 0 Å². The van der Waals surface area contributed by atoms with Crippen LogP contribution in [-0.2, 0) is 0 Å². The Morgan fingerprint density at radius 1 is 1.75 bits per heavy atom. The lowest BCUT2D eigenvalue weighted by Crippen LogP contribution is -2.30. The van der Waals surface area contributed by atoms with Crippen molar-refractivity contribution in [1.82, 2.24) is 4.90 Å². The lowest BCUT2D eigenvalue weighted by atomic mass is 10.3. The molecule has 0 amide bonds. The number of rotatable bonds is 3. The monoisotopic (exact) mass is 118 g/mol. The molecule has 0 aromatic carbocycles. The molecule has 0 saturated heterocycles. The van der Waals surface area contributed by atoms with E-state index in [1.165, 1.54) is 0 Å². The van der Waals surface area contributed by atoms with Crippen LogP contribution < -0.4 is 0 Å². The van der Waals surface area contributed by atoms with Crippen molar-refractivity contribution in [2.24, 2.45) is 0 Å². The zero-order valence-electron chi connectivity index (χ0n) is 5.52. The highest BCUT2D eigenvalue weighted by Crippen LogP contribution is 1.93. The molecule has 0 aromatic rings. The molecule has 0 aromatic heterocycles. The van der Waals surface area contributed by atoms with Gasteiger partial charge >= 0.3 is 0 Å². The fraction of sp³-hybridized carbons (Fsp3) is 0.833. The second-order valence-corrected chi connectivity index (χ2v) is 1.98. The van der Waals surface area contributed by atoms with Crippen molar-refractivity contribution in [1.29, 1.82) is 0 Å². The van der Waals surface area contributed by atoms with Gasteiger partial charge in [-0.3, -0.25) is 0 Å². The van der Waals surface area contributed by atoms with Crippen molar-refractivity contribution in [3.05, 3.63) is 6.92 Å². The van der Waals surface area contributed by atoms with Crippen molar-refractivity contribution >= 4 is 0 Å². The average molecular weight is 118 g/mol. The second kappa shape index (κ2) is 3.84. The number of halogens is 1. The van der Waals surface area contributed by atoms with E-state index in [0.29, 0.717) is 6.54 Å². The first-order valence-corrected chi connectivity index (χ1v) is 2.77. The van der Waals surface area contributed by atoms with E-state index in [9.17, 15) is 4.39 Å². The Labute approximate surface area is 50.5 Å². The number of hydrogen-bond acceptors (Lipinski definition) is 1. The topological polar surface area (TPSA) is 3.24 Å². The summed E-state index contributed by atoms with van der Waals surface area (Å²) in [4.78, 5) is 1.86. The molecule has 0 N–H and O–H groups in total. The summed E-state index contributed by atoms with van der Waals surface area (Å²) >= 11 is 0. The standard InChI is InChI=1S/C6H13FN/c1-4-8(3)6(2)5-7/h6H,1,4-5H2,2-3H3. The normalized spacial score (nSPS) is 14.6. The van der Waals surface area contributed by atoms with Crippen molar-refractivity contribution in [2.45, 2.75) is 13.0 Å². The Hall–Kier alpha value is -0.110. The van der Waals surface area contributed by atoms with E-state index in [-0.39, 0.29) is 12.7 Å². The smallest absolute Gasteiger partial charge is 0.105 e. The molecule has 1 nitrogen and oxygen atoms in total. The molecule has 1 unspecified atom stereocenters. The fourth-order valence-electron chi connectivity index (χ4n) is 0.338. The lowest BCUT2D eigenvalue weighted by Gasteiger charge is -2.18. The van der Waals surface area contributed by atoms with Crippen LogP contribution in [0, 0.1) is 6.92 Å². The van der Waals surface area contributed by atoms with Gasteiger partial charge in [0, 0.05) is 6.04 Å². The summed E-state index contributed by atoms with van der Waals surface area (Å²) in [6.45, 7) is 5.84. The summed E-state index contributed by atoms with van der Waals surface area (Å²) in [6, 6.07) is 0.0208. The van der Waals surface area contributed by atoms with Crippen LogP contribution >= 0.6 is 0 Å². The van der Waals surface area contributed by atoms with Gasteiger partial charge in [0.15, 0.2) is 0 Å². The molecule has 0 aliphatic heterocycles. The van der Waals surface area contributed by atoms with E-state index in [1.807, 2.05) is 18.9 Å². The van der Waals surface area contributed by atoms with Gasteiger partial charge in [-0.05, 0) is 27.4 Å². The van der Waals surface area contributed by atoms with Gasteiger partial charge < -0.3 is 4.90 Å². The summed E-state index contributed by atoms with van der Waals surface area (Å²) < 4.78 is 11.8. The highest BCUT2D eigenvalue weighted by molar-refractivity contribution is 4.61. The van der Waals surface area contributed by atoms with Gasteiger partial charge in [0.05, 0.1) is 0 Å². The largest absolute Gasteiger partial charge is 0.301 e. The van der Waals surface area contributed by atoms with Crippen molar-refractivity contribution in [2.75, 3.05) is 20.3 Å². The minimum absolute atomic E-state index is 0.0208. The summed E-state index contributed by atoms with van der Waals surface area (Å²) in [6.07, 6.45) is 0. The summed E-state index contributed by atoms with van der Waals surface area (Å²) in [7, 11) is 1.86. The molecule has 0 spiro atoms. The summed E-state index contributed by atoms with van der Waals surface area (Å²) in [5.41, 5.74) is 0. The molecular weight excluding hydrogens is 105 g/mol. The molecule has 0 bridgehead atoms. The minimum atomic E-state index is -0.286. The van der Waals surface area contributed by atoms with E-state index in [1.54, 1.807) is 0 Å². The summed E-state index contributed by atoms with van der Waals surface area (Å²) in [5, 5.41) is 0. The summed E-state index contributed by atoms with van der Waals surface area (Å²) in [5.74, 6) is 0. The Morgan fingerprint density at radius 3 is 2.38 bits per heavy atom. The van der Waals surface area contributed by atoms with Crippen molar-refractivity contribution < 1.29 is 4.39 Å². The molecule has 0 rings (SSSR count). The van der Waals surface area contributed by atoms with Crippen LogP contribution in [0.15, 0.2) is 0 Å². The van der Waals surface area contributed by atoms with Gasteiger partial charge in [-0.15, -0.1) is 0 Å². The SMILES string of the molecule is [CH2]CN(C)C(C)CF. The molecule has 2 heteroatoms. The zero-order valence-corrected chi connectivity index (χ0v) is 5.52. The number of alkyl halides is 1. The third-order valence-electron chi connectivity index (χ3n) is 1.33. The van der Waals surface area contributed by atoms with E-state index in [4.69, 9.17) is 0 Å². The van der Waals surface area contributed by atoms with Crippen molar-refractivity contribution in [3.8, 4) is 0 Å². The average Bonchev–Trinajstić information content (AvgIpc) is 1.84. The molecular formula is C6H13FN. The Morgan fingerprint density at radius 2 is 2.25 bits per heavy atom. The predicted molar refractivity (Wildman–Crippen MR) is 33.4 cm³/mol. The Kier molecular flexibility index (Phi) is 3.79. The van der Waals surface area contributed by atoms with Gasteiger partial charge in [0.2, 0.25) is 0 Å². The highest BCUT2D eigenvalue weighted by atomic mass is 19.1. The van der Waals surface area contributed by atoms with Gasteiger partial charge in [-0.2, -0.15) is 0 Å². The zero-order chi connectivity index (χ0) is 6.57. The molecule has 49 valence electrons. The second-order valence-electron chi connectivity index (χ2n) is 1.98. The Bertz CT molecular complexity index is 48.5. The first-order chi connectivity index (χ1) is 3.72. The Balaban J connectivity index is 3.29. The molecule has 0 aliphatic rings. The molecule has 1 radical (unpaired) electrons. The first-order valence-electron chi connectivity index (χ1n) is 2.77. The van der Waals surface area contributed by atoms with Crippen LogP contribution in [0.5, 0.6) is 0 Å². The highest BCUT2D eigenvalue weighted by Gasteiger charge is 2.03. The molecule has 0 heterocycles. The van der Waals surface area contributed by atoms with Crippen LogP contribution in [-0.4, -0.2) is 31.2 Å². The number of nitrogens with zero attached hydrogens (tertiary/aromatic N) is 1. The van der Waals surface area contributed by atoms with Crippen LogP contribution in [0.4, 0.5) is 4.39 Å². The van der Waals surface area contributed by atoms with Gasteiger partial charge in [0.1, 0.15) is 6.67 Å². The fourth-order valence-corrected chi connectivity index (χ4v) is 0.338. The van der Waals surface area contributed by atoms with Gasteiger partial charge in [0.25, 0.3) is 0 Å². The molecule has 0 aliphatic carbocycles. The van der Waals surface area contributed by atoms with Crippen LogP contribution in [0.3, 0.4) is 0 Å². The molecule has 8 heavy (non-hydrogen) atoms. The van der Waals surface area contributed by atoms with Crippen LogP contribution in [0.1, 0.15) is 6.92 Å². The predicted octanol–water partition coefficient (Wildman–Crippen LogP) is 1.11. The quantitative estimate of drug-likeness (QED) is 0.536. The first kappa shape index (κ1) is 7.89. The number of hydrogen-bond donors (Lipinski definition) is 0. The van der Waals surface area contributed by atoms with E-state index < -0.39 is 0 Å². The third-order valence-corrected chi connectivity index (χ3v) is 1.33. The maximum atomic E-state index is 11.8. The van der Waals surface area contributed by atoms with Crippen LogP contribution in [0.2, 0.25) is 0 Å². The van der Waals surface area contributed by atoms with E-state index in [0.717, 1.165) is 0 Å². The molecule has 1 atom stereocenters. The molecule has 0 fully saturated rings. The van der Waals surface area contributed by atoms with E-state index >= 15 is 0 Å². The maximum Gasteiger partial charge on any atom is 0.105 e. The van der Waals surface area contributed by atoms with E-state index in [2.05, 4.69) is 6.92 Å². The third kappa shape index (κ3) is 2.26. The maximum absolute atomic E-state index is 11.8. The van der Waals surface area contributed by atoms with Crippen molar-refractivity contribution in [3.63, 3.8) is 0 Å². The van der Waals surface area contributed by atoms with Gasteiger partial charge in [-0.25, -0.2) is 4.39 Å². The molecule has 0 saturated carbocycles.